The van der Waals surface area contributed by atoms with Crippen LogP contribution in [0.1, 0.15) is 31.0 Å². The number of carbonyl (C=O) groups excluding carboxylic acids is 2. The molecule has 38 heavy (non-hydrogen) atoms. The van der Waals surface area contributed by atoms with Gasteiger partial charge in [-0.2, -0.15) is 5.10 Å². The number of nitrogens with one attached hydrogen (secondary N) is 2. The number of halogens is 1. The van der Waals surface area contributed by atoms with Crippen molar-refractivity contribution in [2.45, 2.75) is 33.6 Å². The Hall–Kier alpha value is -4.46. The molecular weight excluding hydrogens is 481 g/mol. The fourth-order valence-electron chi connectivity index (χ4n) is 4.17. The quantitative estimate of drug-likeness (QED) is 0.266. The van der Waals surface area contributed by atoms with Gasteiger partial charge in [-0.15, -0.1) is 0 Å². The molecule has 3 amide bonds. The van der Waals surface area contributed by atoms with E-state index in [0.29, 0.717) is 18.8 Å². The molecule has 0 saturated carbocycles. The van der Waals surface area contributed by atoms with Crippen molar-refractivity contribution in [3.05, 3.63) is 95.9 Å². The lowest BCUT2D eigenvalue weighted by atomic mass is 10.1. The Morgan fingerprint density at radius 3 is 2.29 bits per heavy atom. The Kier molecular flexibility index (Phi) is 8.53. The zero-order valence-electron chi connectivity index (χ0n) is 21.9. The van der Waals surface area contributed by atoms with Crippen LogP contribution in [0.4, 0.5) is 20.7 Å². The second-order valence-electron chi connectivity index (χ2n) is 9.16. The van der Waals surface area contributed by atoms with Gasteiger partial charge in [0.05, 0.1) is 17.1 Å². The number of carbonyl (C=O) groups is 2. The molecule has 196 valence electrons. The van der Waals surface area contributed by atoms with E-state index in [1.165, 1.54) is 17.0 Å². The largest absolute Gasteiger partial charge is 0.322 e. The van der Waals surface area contributed by atoms with Crippen molar-refractivity contribution < 1.29 is 14.0 Å². The Morgan fingerprint density at radius 2 is 1.61 bits per heavy atom. The Balaban J connectivity index is 1.63. The lowest BCUT2D eigenvalue weighted by Gasteiger charge is -2.23. The van der Waals surface area contributed by atoms with E-state index in [2.05, 4.69) is 10.6 Å². The highest BCUT2D eigenvalue weighted by molar-refractivity contribution is 5.99. The maximum absolute atomic E-state index is 14.1. The predicted octanol–water partition coefficient (Wildman–Crippen LogP) is 6.57. The van der Waals surface area contributed by atoms with Crippen LogP contribution in [-0.4, -0.2) is 39.7 Å². The highest BCUT2D eigenvalue weighted by Gasteiger charge is 2.23. The van der Waals surface area contributed by atoms with Gasteiger partial charge in [0.15, 0.2) is 0 Å². The summed E-state index contributed by atoms with van der Waals surface area (Å²) in [5.41, 5.74) is 4.45. The molecule has 0 saturated heterocycles. The van der Waals surface area contributed by atoms with Gasteiger partial charge in [-0.05, 0) is 50.1 Å². The molecule has 0 atom stereocenters. The number of rotatable bonds is 9. The second kappa shape index (κ2) is 12.2. The Bertz CT molecular complexity index is 1400. The predicted molar refractivity (Wildman–Crippen MR) is 149 cm³/mol. The third-order valence-corrected chi connectivity index (χ3v) is 6.18. The number of para-hydroxylation sites is 1. The SMILES string of the molecule is CCCCN(CC(=O)Nc1c(-c2ccccc2)c(C)nn1-c1ccc(C)cc1)C(=O)Nc1ccccc1F. The first-order chi connectivity index (χ1) is 18.4. The number of anilines is 2. The third kappa shape index (κ3) is 6.26. The number of aromatic nitrogens is 2. The van der Waals surface area contributed by atoms with Crippen molar-refractivity contribution in [3.8, 4) is 16.8 Å². The lowest BCUT2D eigenvalue weighted by molar-refractivity contribution is -0.116. The van der Waals surface area contributed by atoms with E-state index in [9.17, 15) is 14.0 Å². The van der Waals surface area contributed by atoms with E-state index >= 15 is 0 Å². The van der Waals surface area contributed by atoms with Crippen LogP contribution in [0.15, 0.2) is 78.9 Å². The van der Waals surface area contributed by atoms with Gasteiger partial charge in [0.1, 0.15) is 18.2 Å². The van der Waals surface area contributed by atoms with Crippen LogP contribution in [-0.2, 0) is 4.79 Å². The van der Waals surface area contributed by atoms with Crippen molar-refractivity contribution in [3.63, 3.8) is 0 Å². The van der Waals surface area contributed by atoms with Crippen molar-refractivity contribution in [2.75, 3.05) is 23.7 Å². The van der Waals surface area contributed by atoms with Crippen molar-refractivity contribution in [2.24, 2.45) is 0 Å². The van der Waals surface area contributed by atoms with Gasteiger partial charge < -0.3 is 15.5 Å². The highest BCUT2D eigenvalue weighted by Crippen LogP contribution is 2.33. The van der Waals surface area contributed by atoms with E-state index < -0.39 is 11.8 Å². The van der Waals surface area contributed by atoms with E-state index in [1.807, 2.05) is 75.4 Å². The van der Waals surface area contributed by atoms with Crippen LogP contribution >= 0.6 is 0 Å². The summed E-state index contributed by atoms with van der Waals surface area (Å²) < 4.78 is 15.8. The minimum absolute atomic E-state index is 0.0684. The summed E-state index contributed by atoms with van der Waals surface area (Å²) in [7, 11) is 0. The zero-order valence-corrected chi connectivity index (χ0v) is 21.9. The number of amides is 3. The van der Waals surface area contributed by atoms with Gasteiger partial charge in [-0.1, -0.05) is 73.5 Å². The van der Waals surface area contributed by atoms with Crippen LogP contribution in [0.2, 0.25) is 0 Å². The standard InChI is InChI=1S/C30H32FN5O2/c1-4-5-19-35(30(38)32-26-14-10-9-13-25(26)31)20-27(37)33-29-28(23-11-7-6-8-12-23)22(3)34-36(29)24-17-15-21(2)16-18-24/h6-18H,4-5,19-20H2,1-3H3,(H,32,38)(H,33,37). The lowest BCUT2D eigenvalue weighted by Crippen LogP contribution is -2.41. The number of unbranched alkanes of at least 4 members (excludes halogenated alkanes) is 1. The maximum Gasteiger partial charge on any atom is 0.322 e. The summed E-state index contributed by atoms with van der Waals surface area (Å²) in [4.78, 5) is 27.8. The Morgan fingerprint density at radius 1 is 0.921 bits per heavy atom. The van der Waals surface area contributed by atoms with Gasteiger partial charge in [0.25, 0.3) is 0 Å². The number of hydrogen-bond donors (Lipinski definition) is 2. The monoisotopic (exact) mass is 513 g/mol. The molecule has 0 aliphatic rings. The molecule has 2 N–H and O–H groups in total. The summed E-state index contributed by atoms with van der Waals surface area (Å²) in [6.45, 7) is 6.06. The van der Waals surface area contributed by atoms with Crippen molar-refractivity contribution >= 4 is 23.4 Å². The molecule has 0 unspecified atom stereocenters. The molecule has 0 fully saturated rings. The number of hydrogen-bond acceptors (Lipinski definition) is 3. The number of benzene rings is 3. The molecule has 8 heteroatoms. The first kappa shape index (κ1) is 26.6. The number of aryl methyl sites for hydroxylation is 2. The molecule has 0 bridgehead atoms. The topological polar surface area (TPSA) is 79.3 Å². The van der Waals surface area contributed by atoms with Crippen LogP contribution in [0.25, 0.3) is 16.8 Å². The van der Waals surface area contributed by atoms with E-state index in [1.54, 1.807) is 16.8 Å². The van der Waals surface area contributed by atoms with Crippen molar-refractivity contribution in [1.82, 2.24) is 14.7 Å². The van der Waals surface area contributed by atoms with E-state index in [4.69, 9.17) is 5.10 Å². The van der Waals surface area contributed by atoms with Gasteiger partial charge in [-0.25, -0.2) is 13.9 Å². The highest BCUT2D eigenvalue weighted by atomic mass is 19.1. The molecule has 1 aromatic heterocycles. The molecule has 0 aliphatic carbocycles. The fraction of sp³-hybridized carbons (Fsp3) is 0.233. The minimum atomic E-state index is -0.537. The number of urea groups is 1. The fourth-order valence-corrected chi connectivity index (χ4v) is 4.17. The summed E-state index contributed by atoms with van der Waals surface area (Å²) >= 11 is 0. The van der Waals surface area contributed by atoms with E-state index in [-0.39, 0.29) is 18.1 Å². The number of nitrogens with zero attached hydrogens (tertiary/aromatic N) is 3. The smallest absolute Gasteiger partial charge is 0.315 e. The van der Waals surface area contributed by atoms with Gasteiger partial charge in [0, 0.05) is 12.1 Å². The van der Waals surface area contributed by atoms with Crippen LogP contribution in [0.3, 0.4) is 0 Å². The van der Waals surface area contributed by atoms with Crippen LogP contribution < -0.4 is 10.6 Å². The second-order valence-corrected chi connectivity index (χ2v) is 9.16. The van der Waals surface area contributed by atoms with Gasteiger partial charge in [0.2, 0.25) is 5.91 Å². The molecule has 4 rings (SSSR count). The molecule has 7 nitrogen and oxygen atoms in total. The molecule has 0 radical (unpaired) electrons. The Labute approximate surface area is 222 Å². The van der Waals surface area contributed by atoms with Gasteiger partial charge in [-0.3, -0.25) is 4.79 Å². The minimum Gasteiger partial charge on any atom is -0.315 e. The molecule has 4 aromatic rings. The van der Waals surface area contributed by atoms with Crippen LogP contribution in [0.5, 0.6) is 0 Å². The van der Waals surface area contributed by atoms with Crippen molar-refractivity contribution in [1.29, 1.82) is 0 Å². The zero-order chi connectivity index (χ0) is 27.1. The molecule has 3 aromatic carbocycles. The molecular formula is C30H32FN5O2. The first-order valence-corrected chi connectivity index (χ1v) is 12.7. The maximum atomic E-state index is 14.1. The summed E-state index contributed by atoms with van der Waals surface area (Å²) in [5.74, 6) is -0.395. The third-order valence-electron chi connectivity index (χ3n) is 6.18. The normalized spacial score (nSPS) is 10.7. The summed E-state index contributed by atoms with van der Waals surface area (Å²) in [6, 6.07) is 23.0. The molecule has 0 spiro atoms. The first-order valence-electron chi connectivity index (χ1n) is 12.7. The summed E-state index contributed by atoms with van der Waals surface area (Å²) in [5, 5.41) is 10.3. The average Bonchev–Trinajstić information content (AvgIpc) is 3.23. The molecule has 1 heterocycles. The van der Waals surface area contributed by atoms with Crippen LogP contribution in [0, 0.1) is 19.7 Å². The van der Waals surface area contributed by atoms with Gasteiger partial charge >= 0.3 is 6.03 Å². The average molecular weight is 514 g/mol. The summed E-state index contributed by atoms with van der Waals surface area (Å²) in [6.07, 6.45) is 1.54. The van der Waals surface area contributed by atoms with E-state index in [0.717, 1.165) is 34.5 Å². The molecule has 0 aliphatic heterocycles.